The van der Waals surface area contributed by atoms with Crippen LogP contribution in [0.1, 0.15) is 42.5 Å². The molecule has 6 nitrogen and oxygen atoms in total. The minimum atomic E-state index is -1.16. The SMILES string of the molecule is Cc1cc(COc2c(C)cc(NC(=O)CC(=O)O)cc2C)cc(NC(C)C)c1. The Labute approximate surface area is 165 Å². The van der Waals surface area contributed by atoms with Gasteiger partial charge in [-0.25, -0.2) is 0 Å². The Balaban J connectivity index is 2.11. The van der Waals surface area contributed by atoms with Gasteiger partial charge in [-0.15, -0.1) is 0 Å². The lowest BCUT2D eigenvalue weighted by atomic mass is 10.1. The molecule has 0 aromatic heterocycles. The van der Waals surface area contributed by atoms with Crippen LogP contribution < -0.4 is 15.4 Å². The zero-order valence-corrected chi connectivity index (χ0v) is 17.1. The number of aliphatic carboxylic acids is 1. The standard InChI is InChI=1S/C22H28N2O4/c1-13(2)23-18-7-14(3)6-17(10-18)12-28-22-15(4)8-19(9-16(22)5)24-20(25)11-21(26)27/h6-10,13,23H,11-12H2,1-5H3,(H,24,25)(H,26,27). The second-order valence-corrected chi connectivity index (χ2v) is 7.35. The predicted molar refractivity (Wildman–Crippen MR) is 111 cm³/mol. The minimum absolute atomic E-state index is 0.351. The normalized spacial score (nSPS) is 10.6. The van der Waals surface area contributed by atoms with Crippen molar-refractivity contribution in [1.29, 1.82) is 0 Å². The minimum Gasteiger partial charge on any atom is -0.488 e. The number of carboxylic acid groups (broad SMARTS) is 1. The monoisotopic (exact) mass is 384 g/mol. The van der Waals surface area contributed by atoms with E-state index in [0.717, 1.165) is 33.7 Å². The van der Waals surface area contributed by atoms with Crippen molar-refractivity contribution in [1.82, 2.24) is 0 Å². The van der Waals surface area contributed by atoms with E-state index < -0.39 is 18.3 Å². The molecule has 6 heteroatoms. The fourth-order valence-electron chi connectivity index (χ4n) is 3.11. The molecule has 0 radical (unpaired) electrons. The number of anilines is 2. The maximum atomic E-state index is 11.7. The molecule has 0 aliphatic heterocycles. The maximum absolute atomic E-state index is 11.7. The maximum Gasteiger partial charge on any atom is 0.312 e. The third kappa shape index (κ3) is 6.30. The van der Waals surface area contributed by atoms with Gasteiger partial charge in [-0.3, -0.25) is 9.59 Å². The highest BCUT2D eigenvalue weighted by atomic mass is 16.5. The van der Waals surface area contributed by atoms with Gasteiger partial charge in [-0.1, -0.05) is 6.07 Å². The van der Waals surface area contributed by atoms with Crippen molar-refractivity contribution in [3.63, 3.8) is 0 Å². The van der Waals surface area contributed by atoms with Gasteiger partial charge < -0.3 is 20.5 Å². The lowest BCUT2D eigenvalue weighted by Crippen LogP contribution is -2.16. The number of carboxylic acids is 1. The number of hydrogen-bond donors (Lipinski definition) is 3. The quantitative estimate of drug-likeness (QED) is 0.586. The molecule has 0 atom stereocenters. The number of benzene rings is 2. The zero-order valence-electron chi connectivity index (χ0n) is 17.1. The molecule has 0 unspecified atom stereocenters. The van der Waals surface area contributed by atoms with E-state index >= 15 is 0 Å². The summed E-state index contributed by atoms with van der Waals surface area (Å²) in [4.78, 5) is 22.3. The molecule has 0 saturated carbocycles. The second kappa shape index (κ2) is 9.26. The van der Waals surface area contributed by atoms with Crippen LogP contribution in [0, 0.1) is 20.8 Å². The largest absolute Gasteiger partial charge is 0.488 e. The van der Waals surface area contributed by atoms with E-state index in [-0.39, 0.29) is 0 Å². The molecule has 0 aliphatic carbocycles. The Kier molecular flexibility index (Phi) is 7.04. The molecule has 2 aromatic carbocycles. The Bertz CT molecular complexity index is 852. The summed E-state index contributed by atoms with van der Waals surface area (Å²) in [6.07, 6.45) is -0.559. The number of hydrogen-bond acceptors (Lipinski definition) is 4. The number of amides is 1. The van der Waals surface area contributed by atoms with Gasteiger partial charge in [-0.05, 0) is 81.1 Å². The first-order chi connectivity index (χ1) is 13.1. The summed E-state index contributed by atoms with van der Waals surface area (Å²) >= 11 is 0. The van der Waals surface area contributed by atoms with Crippen LogP contribution in [0.4, 0.5) is 11.4 Å². The lowest BCUT2D eigenvalue weighted by Gasteiger charge is -2.16. The number of nitrogens with one attached hydrogen (secondary N) is 2. The molecule has 2 rings (SSSR count). The summed E-state index contributed by atoms with van der Waals surface area (Å²) in [7, 11) is 0. The van der Waals surface area contributed by atoms with Crippen molar-refractivity contribution in [2.75, 3.05) is 10.6 Å². The van der Waals surface area contributed by atoms with E-state index in [2.05, 4.69) is 49.6 Å². The first-order valence-corrected chi connectivity index (χ1v) is 9.27. The highest BCUT2D eigenvalue weighted by molar-refractivity contribution is 6.01. The van der Waals surface area contributed by atoms with Gasteiger partial charge in [0.15, 0.2) is 0 Å². The van der Waals surface area contributed by atoms with Crippen LogP contribution in [0.15, 0.2) is 30.3 Å². The van der Waals surface area contributed by atoms with Gasteiger partial charge in [0, 0.05) is 17.4 Å². The van der Waals surface area contributed by atoms with Crippen LogP contribution in [0.5, 0.6) is 5.75 Å². The molecule has 3 N–H and O–H groups in total. The Morgan fingerprint density at radius 2 is 1.64 bits per heavy atom. The van der Waals surface area contributed by atoms with E-state index in [9.17, 15) is 9.59 Å². The topological polar surface area (TPSA) is 87.7 Å². The van der Waals surface area contributed by atoms with Crippen LogP contribution in [-0.2, 0) is 16.2 Å². The average Bonchev–Trinajstić information content (AvgIpc) is 2.51. The smallest absolute Gasteiger partial charge is 0.312 e. The molecule has 1 amide bonds. The van der Waals surface area contributed by atoms with Crippen LogP contribution in [0.25, 0.3) is 0 Å². The summed E-state index contributed by atoms with van der Waals surface area (Å²) in [6.45, 7) is 10.5. The number of rotatable bonds is 8. The molecule has 28 heavy (non-hydrogen) atoms. The molecule has 0 aliphatic rings. The second-order valence-electron chi connectivity index (χ2n) is 7.35. The van der Waals surface area contributed by atoms with E-state index in [1.165, 1.54) is 0 Å². The van der Waals surface area contributed by atoms with Crippen molar-refractivity contribution in [2.24, 2.45) is 0 Å². The van der Waals surface area contributed by atoms with Gasteiger partial charge in [0.2, 0.25) is 5.91 Å². The van der Waals surface area contributed by atoms with Gasteiger partial charge in [0.25, 0.3) is 0 Å². The number of aryl methyl sites for hydroxylation is 3. The van der Waals surface area contributed by atoms with Crippen LogP contribution in [0.3, 0.4) is 0 Å². The number of ether oxygens (including phenoxy) is 1. The lowest BCUT2D eigenvalue weighted by molar-refractivity contribution is -0.139. The van der Waals surface area contributed by atoms with E-state index in [1.54, 1.807) is 12.1 Å². The molecule has 0 saturated heterocycles. The van der Waals surface area contributed by atoms with Gasteiger partial charge in [0.1, 0.15) is 18.8 Å². The summed E-state index contributed by atoms with van der Waals surface area (Å²) in [5, 5.41) is 14.7. The van der Waals surface area contributed by atoms with Crippen molar-refractivity contribution >= 4 is 23.3 Å². The first kappa shape index (κ1) is 21.3. The van der Waals surface area contributed by atoms with Crippen LogP contribution >= 0.6 is 0 Å². The third-order valence-corrected chi connectivity index (χ3v) is 4.03. The number of carbonyl (C=O) groups excluding carboxylic acids is 1. The summed E-state index contributed by atoms with van der Waals surface area (Å²) in [5.74, 6) is -0.948. The molecule has 0 fully saturated rings. The Morgan fingerprint density at radius 3 is 2.21 bits per heavy atom. The van der Waals surface area contributed by atoms with Crippen molar-refractivity contribution < 1.29 is 19.4 Å². The summed E-state index contributed by atoms with van der Waals surface area (Å²) < 4.78 is 6.06. The average molecular weight is 384 g/mol. The third-order valence-electron chi connectivity index (χ3n) is 4.03. The van der Waals surface area contributed by atoms with Gasteiger partial charge >= 0.3 is 5.97 Å². The molecule has 2 aromatic rings. The number of carbonyl (C=O) groups is 2. The van der Waals surface area contributed by atoms with Gasteiger partial charge in [-0.2, -0.15) is 0 Å². The Morgan fingerprint density at radius 1 is 1.00 bits per heavy atom. The Hall–Kier alpha value is -3.02. The highest BCUT2D eigenvalue weighted by Crippen LogP contribution is 2.28. The molecular weight excluding hydrogens is 356 g/mol. The summed E-state index contributed by atoms with van der Waals surface area (Å²) in [6, 6.07) is 10.2. The molecule has 0 bridgehead atoms. The fraction of sp³-hybridized carbons (Fsp3) is 0.364. The summed E-state index contributed by atoms with van der Waals surface area (Å²) in [5.41, 5.74) is 5.61. The molecule has 0 spiro atoms. The molecular formula is C22H28N2O4. The van der Waals surface area contributed by atoms with Crippen molar-refractivity contribution in [2.45, 2.75) is 53.7 Å². The fourth-order valence-corrected chi connectivity index (χ4v) is 3.11. The first-order valence-electron chi connectivity index (χ1n) is 9.27. The highest BCUT2D eigenvalue weighted by Gasteiger charge is 2.12. The van der Waals surface area contributed by atoms with Gasteiger partial charge in [0.05, 0.1) is 0 Å². The van der Waals surface area contributed by atoms with E-state index in [1.807, 2.05) is 13.8 Å². The molecule has 0 heterocycles. The van der Waals surface area contributed by atoms with Crippen molar-refractivity contribution in [3.05, 3.63) is 52.6 Å². The molecule has 150 valence electrons. The van der Waals surface area contributed by atoms with Crippen LogP contribution in [0.2, 0.25) is 0 Å². The van der Waals surface area contributed by atoms with Crippen molar-refractivity contribution in [3.8, 4) is 5.75 Å². The predicted octanol–water partition coefficient (Wildman–Crippen LogP) is 4.42. The van der Waals surface area contributed by atoms with Crippen LogP contribution in [-0.4, -0.2) is 23.0 Å². The van der Waals surface area contributed by atoms with E-state index in [4.69, 9.17) is 9.84 Å². The van der Waals surface area contributed by atoms with E-state index in [0.29, 0.717) is 18.3 Å². The zero-order chi connectivity index (χ0) is 20.8.